The minimum absolute atomic E-state index is 0.0972. The van der Waals surface area contributed by atoms with E-state index in [2.05, 4.69) is 70.9 Å². The molecule has 0 aromatic rings. The van der Waals surface area contributed by atoms with Crippen LogP contribution in [0.3, 0.4) is 0 Å². The van der Waals surface area contributed by atoms with E-state index in [0.717, 1.165) is 51.6 Å². The van der Waals surface area contributed by atoms with Crippen LogP contribution < -0.4 is 10.6 Å². The molecule has 0 bridgehead atoms. The lowest BCUT2D eigenvalue weighted by atomic mass is 9.76. The highest BCUT2D eigenvalue weighted by Crippen LogP contribution is 2.39. The van der Waals surface area contributed by atoms with E-state index in [9.17, 15) is 9.59 Å². The van der Waals surface area contributed by atoms with E-state index in [1.165, 1.54) is 25.7 Å². The van der Waals surface area contributed by atoms with Crippen molar-refractivity contribution in [2.24, 2.45) is 0 Å². The summed E-state index contributed by atoms with van der Waals surface area (Å²) in [6.07, 6.45) is 10.8. The third kappa shape index (κ3) is 6.69. The van der Waals surface area contributed by atoms with Gasteiger partial charge in [0.1, 0.15) is 0 Å². The highest BCUT2D eigenvalue weighted by molar-refractivity contribution is 5.51. The maximum absolute atomic E-state index is 11.6. The summed E-state index contributed by atoms with van der Waals surface area (Å²) >= 11 is 0. The maximum atomic E-state index is 11.6. The van der Waals surface area contributed by atoms with E-state index in [0.29, 0.717) is 6.04 Å². The number of carbonyl (C=O) groups is 2. The van der Waals surface area contributed by atoms with Crippen LogP contribution in [0.15, 0.2) is 0 Å². The highest BCUT2D eigenvalue weighted by Gasteiger charge is 2.45. The van der Waals surface area contributed by atoms with Crippen LogP contribution >= 0.6 is 0 Å². The Labute approximate surface area is 197 Å². The second-order valence-corrected chi connectivity index (χ2v) is 12.7. The summed E-state index contributed by atoms with van der Waals surface area (Å²) in [5.74, 6) is 0. The molecule has 2 N–H and O–H groups in total. The van der Waals surface area contributed by atoms with Crippen LogP contribution in [0.25, 0.3) is 0 Å². The van der Waals surface area contributed by atoms with E-state index in [1.807, 2.05) is 4.90 Å². The molecule has 2 heterocycles. The van der Waals surface area contributed by atoms with Crippen molar-refractivity contribution in [2.75, 3.05) is 13.1 Å². The van der Waals surface area contributed by atoms with Crippen molar-refractivity contribution in [1.29, 1.82) is 0 Å². The van der Waals surface area contributed by atoms with Gasteiger partial charge in [0.25, 0.3) is 0 Å². The molecule has 6 heteroatoms. The molecule has 2 aliphatic rings. The fourth-order valence-corrected chi connectivity index (χ4v) is 6.92. The molecule has 0 aromatic heterocycles. The van der Waals surface area contributed by atoms with Crippen LogP contribution in [0.5, 0.6) is 0 Å². The molecule has 0 saturated carbocycles. The van der Waals surface area contributed by atoms with Gasteiger partial charge in [0.15, 0.2) is 0 Å². The van der Waals surface area contributed by atoms with Crippen molar-refractivity contribution in [3.05, 3.63) is 0 Å². The summed E-state index contributed by atoms with van der Waals surface area (Å²) in [4.78, 5) is 27.2. The largest absolute Gasteiger partial charge is 0.356 e. The van der Waals surface area contributed by atoms with Crippen LogP contribution in [0.1, 0.15) is 107 Å². The van der Waals surface area contributed by atoms with Crippen molar-refractivity contribution in [3.8, 4) is 0 Å². The summed E-state index contributed by atoms with van der Waals surface area (Å²) in [5, 5.41) is 6.79. The molecule has 32 heavy (non-hydrogen) atoms. The molecule has 2 fully saturated rings. The number of amides is 2. The van der Waals surface area contributed by atoms with Crippen molar-refractivity contribution in [3.63, 3.8) is 0 Å². The molecule has 2 saturated heterocycles. The van der Waals surface area contributed by atoms with Crippen LogP contribution in [0, 0.1) is 0 Å². The molecule has 6 nitrogen and oxygen atoms in total. The molecule has 0 spiro atoms. The number of hydrogen-bond donors (Lipinski definition) is 2. The van der Waals surface area contributed by atoms with Crippen molar-refractivity contribution < 1.29 is 9.59 Å². The zero-order chi connectivity index (χ0) is 24.2. The molecule has 0 atom stereocenters. The van der Waals surface area contributed by atoms with Crippen LogP contribution in [-0.4, -0.2) is 69.9 Å². The van der Waals surface area contributed by atoms with Gasteiger partial charge in [-0.3, -0.25) is 14.5 Å². The minimum Gasteiger partial charge on any atom is -0.356 e. The number of carbonyl (C=O) groups excluding carboxylic acids is 2. The third-order valence-corrected chi connectivity index (χ3v) is 7.90. The van der Waals surface area contributed by atoms with E-state index >= 15 is 0 Å². The minimum atomic E-state index is -0.102. The Bertz CT molecular complexity index is 593. The number of hydrogen-bond acceptors (Lipinski definition) is 4. The van der Waals surface area contributed by atoms with E-state index < -0.39 is 0 Å². The van der Waals surface area contributed by atoms with Gasteiger partial charge in [0.2, 0.25) is 12.8 Å². The zero-order valence-electron chi connectivity index (χ0n) is 22.1. The molecule has 0 radical (unpaired) electrons. The van der Waals surface area contributed by atoms with Gasteiger partial charge >= 0.3 is 0 Å². The Morgan fingerprint density at radius 1 is 0.719 bits per heavy atom. The Balaban J connectivity index is 1.70. The second kappa shape index (κ2) is 10.4. The van der Waals surface area contributed by atoms with E-state index in [4.69, 9.17) is 0 Å². The van der Waals surface area contributed by atoms with Gasteiger partial charge in [0.05, 0.1) is 0 Å². The highest BCUT2D eigenvalue weighted by atomic mass is 16.1. The number of piperidine rings is 2. The van der Waals surface area contributed by atoms with E-state index in [1.54, 1.807) is 0 Å². The average molecular weight is 451 g/mol. The third-order valence-electron chi connectivity index (χ3n) is 7.90. The first-order chi connectivity index (χ1) is 14.7. The molecular weight excluding hydrogens is 400 g/mol. The van der Waals surface area contributed by atoms with Gasteiger partial charge < -0.3 is 15.5 Å². The predicted molar refractivity (Wildman–Crippen MR) is 133 cm³/mol. The Morgan fingerprint density at radius 2 is 1.22 bits per heavy atom. The van der Waals surface area contributed by atoms with Crippen LogP contribution in [0.4, 0.5) is 0 Å². The Hall–Kier alpha value is -1.14. The summed E-state index contributed by atoms with van der Waals surface area (Å²) in [7, 11) is 0. The summed E-state index contributed by atoms with van der Waals surface area (Å²) < 4.78 is 0. The van der Waals surface area contributed by atoms with Crippen molar-refractivity contribution in [2.45, 2.75) is 141 Å². The lowest BCUT2D eigenvalue weighted by Crippen LogP contribution is -2.63. The lowest BCUT2D eigenvalue weighted by molar-refractivity contribution is -0.135. The monoisotopic (exact) mass is 450 g/mol. The molecule has 0 aliphatic carbocycles. The standard InChI is InChI=1S/C26H50N4O2/c1-23(2)17-22(28-19-31)18-24(3,4)29(23)14-12-10-9-11-13-27-21-15-25(5,6)30(20-32)26(7,8)16-21/h19-22,27H,9-18H2,1-8H3,(H,28,31). The van der Waals surface area contributed by atoms with Crippen molar-refractivity contribution >= 4 is 12.8 Å². The lowest BCUT2D eigenvalue weighted by Gasteiger charge is -2.55. The number of rotatable bonds is 11. The first-order valence-corrected chi connectivity index (χ1v) is 12.7. The second-order valence-electron chi connectivity index (χ2n) is 12.7. The molecular formula is C26H50N4O2. The van der Waals surface area contributed by atoms with Gasteiger partial charge in [-0.05, 0) is 107 Å². The Kier molecular flexibility index (Phi) is 8.82. The fourth-order valence-electron chi connectivity index (χ4n) is 6.92. The zero-order valence-corrected chi connectivity index (χ0v) is 22.1. The predicted octanol–water partition coefficient (Wildman–Crippen LogP) is 4.08. The van der Waals surface area contributed by atoms with Gasteiger partial charge in [-0.25, -0.2) is 0 Å². The Morgan fingerprint density at radius 3 is 1.72 bits per heavy atom. The van der Waals surface area contributed by atoms with Gasteiger partial charge in [0, 0.05) is 34.2 Å². The van der Waals surface area contributed by atoms with E-state index in [-0.39, 0.29) is 28.2 Å². The van der Waals surface area contributed by atoms with Crippen LogP contribution in [-0.2, 0) is 9.59 Å². The fraction of sp³-hybridized carbons (Fsp3) is 0.923. The quantitative estimate of drug-likeness (QED) is 0.368. The molecule has 2 aliphatic heterocycles. The molecule has 0 unspecified atom stereocenters. The van der Waals surface area contributed by atoms with Gasteiger partial charge in [-0.15, -0.1) is 0 Å². The maximum Gasteiger partial charge on any atom is 0.210 e. The summed E-state index contributed by atoms with van der Waals surface area (Å²) in [6.45, 7) is 20.1. The first-order valence-electron chi connectivity index (χ1n) is 12.7. The first kappa shape index (κ1) is 27.1. The topological polar surface area (TPSA) is 64.7 Å². The smallest absolute Gasteiger partial charge is 0.210 e. The average Bonchev–Trinajstić information content (AvgIpc) is 2.60. The van der Waals surface area contributed by atoms with Crippen LogP contribution in [0.2, 0.25) is 0 Å². The molecule has 2 amide bonds. The summed E-state index contributed by atoms with van der Waals surface area (Å²) in [5.41, 5.74) is -0.00906. The van der Waals surface area contributed by atoms with Gasteiger partial charge in [-0.1, -0.05) is 12.8 Å². The number of nitrogens with one attached hydrogen (secondary N) is 2. The SMILES string of the molecule is CC1(C)CC(NCCCCCCN2C(C)(C)CC(NC=O)CC2(C)C)CC(C)(C)N1C=O. The number of nitrogens with zero attached hydrogens (tertiary/aromatic N) is 2. The number of unbranched alkanes of at least 4 members (excludes halogenated alkanes) is 3. The molecule has 0 aromatic carbocycles. The normalized spacial score (nSPS) is 25.4. The summed E-state index contributed by atoms with van der Waals surface area (Å²) in [6, 6.07) is 0.743. The van der Waals surface area contributed by atoms with Gasteiger partial charge in [-0.2, -0.15) is 0 Å². The molecule has 186 valence electrons. The molecule has 2 rings (SSSR count). The van der Waals surface area contributed by atoms with Crippen molar-refractivity contribution in [1.82, 2.24) is 20.4 Å². The number of likely N-dealkylation sites (tertiary alicyclic amines) is 2.